The molecule has 2 atom stereocenters. The van der Waals surface area contributed by atoms with Gasteiger partial charge < -0.3 is 14.6 Å². The summed E-state index contributed by atoms with van der Waals surface area (Å²) < 4.78 is 10.8. The van der Waals surface area contributed by atoms with Crippen LogP contribution >= 0.6 is 0 Å². The SMILES string of the molecule is COc1ccccc1-c1cc(CN2C(=O)N[C@@]3(CCCC[C@H]3C)C2=O)on1. The summed E-state index contributed by atoms with van der Waals surface area (Å²) >= 11 is 0. The van der Waals surface area contributed by atoms with Gasteiger partial charge in [-0.25, -0.2) is 4.79 Å². The first-order valence-electron chi connectivity index (χ1n) is 9.28. The maximum atomic E-state index is 13.0. The van der Waals surface area contributed by atoms with Crippen molar-refractivity contribution in [2.24, 2.45) is 5.92 Å². The van der Waals surface area contributed by atoms with Gasteiger partial charge in [-0.15, -0.1) is 0 Å². The van der Waals surface area contributed by atoms with E-state index in [1.165, 1.54) is 4.90 Å². The summed E-state index contributed by atoms with van der Waals surface area (Å²) in [7, 11) is 1.60. The van der Waals surface area contributed by atoms with Crippen molar-refractivity contribution < 1.29 is 18.8 Å². The molecule has 1 saturated carbocycles. The standard InChI is InChI=1S/C20H23N3O4/c1-13-7-5-6-10-20(13)18(24)23(19(25)21-20)12-14-11-16(22-27-14)15-8-3-4-9-17(15)26-2/h3-4,8-9,11,13H,5-7,10,12H2,1-2H3,(H,21,25)/t13-,20-/m1/s1. The number of carbonyl (C=O) groups is 2. The number of methoxy groups -OCH3 is 1. The highest BCUT2D eigenvalue weighted by atomic mass is 16.5. The monoisotopic (exact) mass is 369 g/mol. The molecule has 1 N–H and O–H groups in total. The van der Waals surface area contributed by atoms with Gasteiger partial charge >= 0.3 is 6.03 Å². The molecule has 1 aromatic heterocycles. The van der Waals surface area contributed by atoms with E-state index in [1.54, 1.807) is 13.2 Å². The van der Waals surface area contributed by atoms with Crippen molar-refractivity contribution in [1.82, 2.24) is 15.4 Å². The average molecular weight is 369 g/mol. The molecule has 27 heavy (non-hydrogen) atoms. The molecule has 0 bridgehead atoms. The molecule has 1 aliphatic carbocycles. The van der Waals surface area contributed by atoms with Crippen molar-refractivity contribution in [2.75, 3.05) is 7.11 Å². The molecule has 0 unspecified atom stereocenters. The van der Waals surface area contributed by atoms with Gasteiger partial charge in [0.2, 0.25) is 0 Å². The van der Waals surface area contributed by atoms with E-state index in [4.69, 9.17) is 9.26 Å². The lowest BCUT2D eigenvalue weighted by molar-refractivity contribution is -0.134. The molecular formula is C20H23N3O4. The summed E-state index contributed by atoms with van der Waals surface area (Å²) in [5, 5.41) is 7.03. The zero-order chi connectivity index (χ0) is 19.0. The van der Waals surface area contributed by atoms with Crippen LogP contribution in [0.4, 0.5) is 4.79 Å². The summed E-state index contributed by atoms with van der Waals surface area (Å²) in [4.78, 5) is 26.8. The maximum Gasteiger partial charge on any atom is 0.325 e. The highest BCUT2D eigenvalue weighted by Gasteiger charge is 2.54. The van der Waals surface area contributed by atoms with E-state index in [0.717, 1.165) is 24.8 Å². The average Bonchev–Trinajstić information content (AvgIpc) is 3.24. The Kier molecular flexibility index (Phi) is 4.37. The van der Waals surface area contributed by atoms with Gasteiger partial charge in [-0.1, -0.05) is 37.1 Å². The fraction of sp³-hybridized carbons (Fsp3) is 0.450. The van der Waals surface area contributed by atoms with E-state index in [9.17, 15) is 9.59 Å². The normalized spacial score (nSPS) is 25.1. The number of ether oxygens (including phenoxy) is 1. The van der Waals surface area contributed by atoms with Crippen molar-refractivity contribution in [3.63, 3.8) is 0 Å². The molecule has 3 amide bonds. The molecule has 2 aliphatic rings. The van der Waals surface area contributed by atoms with Crippen molar-refractivity contribution in [2.45, 2.75) is 44.7 Å². The van der Waals surface area contributed by atoms with Crippen molar-refractivity contribution in [1.29, 1.82) is 0 Å². The zero-order valence-corrected chi connectivity index (χ0v) is 15.5. The lowest BCUT2D eigenvalue weighted by Crippen LogP contribution is -2.53. The molecule has 7 heteroatoms. The molecule has 1 saturated heterocycles. The van der Waals surface area contributed by atoms with Crippen molar-refractivity contribution in [3.8, 4) is 17.0 Å². The Morgan fingerprint density at radius 1 is 1.33 bits per heavy atom. The Hall–Kier alpha value is -2.83. The number of para-hydroxylation sites is 1. The predicted molar refractivity (Wildman–Crippen MR) is 97.9 cm³/mol. The zero-order valence-electron chi connectivity index (χ0n) is 15.5. The molecule has 2 heterocycles. The lowest BCUT2D eigenvalue weighted by atomic mass is 9.73. The minimum Gasteiger partial charge on any atom is -0.496 e. The number of hydrogen-bond acceptors (Lipinski definition) is 5. The summed E-state index contributed by atoms with van der Waals surface area (Å²) in [6.45, 7) is 2.11. The first-order valence-corrected chi connectivity index (χ1v) is 9.28. The van der Waals surface area contributed by atoms with Gasteiger partial charge in [0.25, 0.3) is 5.91 Å². The molecule has 4 rings (SSSR count). The van der Waals surface area contributed by atoms with Gasteiger partial charge in [0.1, 0.15) is 17.0 Å². The van der Waals surface area contributed by atoms with Gasteiger partial charge in [-0.2, -0.15) is 0 Å². The third-order valence-electron chi connectivity index (χ3n) is 5.76. The van der Waals surface area contributed by atoms with Crippen LogP contribution in [0.25, 0.3) is 11.3 Å². The molecular weight excluding hydrogens is 346 g/mol. The molecule has 1 aromatic carbocycles. The number of hydrogen-bond donors (Lipinski definition) is 1. The number of nitrogens with one attached hydrogen (secondary N) is 1. The Morgan fingerprint density at radius 3 is 2.93 bits per heavy atom. The molecule has 2 aromatic rings. The first-order chi connectivity index (χ1) is 13.0. The number of carbonyl (C=O) groups excluding carboxylic acids is 2. The summed E-state index contributed by atoms with van der Waals surface area (Å²) in [5.74, 6) is 1.11. The first kappa shape index (κ1) is 17.6. The Balaban J connectivity index is 1.56. The maximum absolute atomic E-state index is 13.0. The molecule has 7 nitrogen and oxygen atoms in total. The fourth-order valence-electron chi connectivity index (χ4n) is 4.17. The van der Waals surface area contributed by atoms with E-state index in [1.807, 2.05) is 31.2 Å². The molecule has 1 spiro atoms. The van der Waals surface area contributed by atoms with E-state index < -0.39 is 5.54 Å². The molecule has 0 radical (unpaired) electrons. The lowest BCUT2D eigenvalue weighted by Gasteiger charge is -2.36. The van der Waals surface area contributed by atoms with E-state index in [2.05, 4.69) is 10.5 Å². The number of rotatable bonds is 4. The highest BCUT2D eigenvalue weighted by Crippen LogP contribution is 2.38. The second kappa shape index (κ2) is 6.72. The number of imide groups is 1. The Morgan fingerprint density at radius 2 is 2.15 bits per heavy atom. The number of aromatic nitrogens is 1. The Labute approximate surface area is 157 Å². The van der Waals surface area contributed by atoms with Crippen LogP contribution in [-0.2, 0) is 11.3 Å². The predicted octanol–water partition coefficient (Wildman–Crippen LogP) is 3.35. The summed E-state index contributed by atoms with van der Waals surface area (Å²) in [6.07, 6.45) is 3.68. The van der Waals surface area contributed by atoms with Crippen molar-refractivity contribution >= 4 is 11.9 Å². The second-order valence-electron chi connectivity index (χ2n) is 7.32. The van der Waals surface area contributed by atoms with Crippen LogP contribution in [0.1, 0.15) is 38.4 Å². The summed E-state index contributed by atoms with van der Waals surface area (Å²) in [6, 6.07) is 8.87. The van der Waals surface area contributed by atoms with E-state index >= 15 is 0 Å². The van der Waals surface area contributed by atoms with Gasteiger partial charge in [-0.05, 0) is 30.9 Å². The fourth-order valence-corrected chi connectivity index (χ4v) is 4.17. The van der Waals surface area contributed by atoms with Crippen LogP contribution < -0.4 is 10.1 Å². The quantitative estimate of drug-likeness (QED) is 0.836. The topological polar surface area (TPSA) is 84.7 Å². The third-order valence-corrected chi connectivity index (χ3v) is 5.76. The minimum atomic E-state index is -0.763. The molecule has 1 aliphatic heterocycles. The number of benzene rings is 1. The minimum absolute atomic E-state index is 0.0707. The highest BCUT2D eigenvalue weighted by molar-refractivity contribution is 6.07. The van der Waals surface area contributed by atoms with Gasteiger partial charge in [-0.3, -0.25) is 9.69 Å². The van der Waals surface area contributed by atoms with Gasteiger partial charge in [0, 0.05) is 11.6 Å². The van der Waals surface area contributed by atoms with Gasteiger partial charge in [0.15, 0.2) is 5.76 Å². The van der Waals surface area contributed by atoms with E-state index in [0.29, 0.717) is 23.6 Å². The molecule has 2 fully saturated rings. The summed E-state index contributed by atoms with van der Waals surface area (Å²) in [5.41, 5.74) is 0.640. The third kappa shape index (κ3) is 2.87. The van der Waals surface area contributed by atoms with Crippen LogP contribution in [0.5, 0.6) is 5.75 Å². The largest absolute Gasteiger partial charge is 0.496 e. The van der Waals surface area contributed by atoms with Crippen LogP contribution in [0.3, 0.4) is 0 Å². The van der Waals surface area contributed by atoms with Crippen molar-refractivity contribution in [3.05, 3.63) is 36.1 Å². The smallest absolute Gasteiger partial charge is 0.325 e. The number of amides is 3. The van der Waals surface area contributed by atoms with Crippen LogP contribution in [0, 0.1) is 5.92 Å². The Bertz CT molecular complexity index is 878. The number of urea groups is 1. The second-order valence-corrected chi connectivity index (χ2v) is 7.32. The van der Waals surface area contributed by atoms with E-state index in [-0.39, 0.29) is 24.4 Å². The number of nitrogens with zero attached hydrogens (tertiary/aromatic N) is 2. The van der Waals surface area contributed by atoms with Gasteiger partial charge in [0.05, 0.1) is 13.7 Å². The van der Waals surface area contributed by atoms with Crippen LogP contribution in [0.15, 0.2) is 34.9 Å². The van der Waals surface area contributed by atoms with Crippen LogP contribution in [-0.4, -0.2) is 34.6 Å². The van der Waals surface area contributed by atoms with Crippen LogP contribution in [0.2, 0.25) is 0 Å². The molecule has 142 valence electrons.